The molecule has 0 radical (unpaired) electrons. The Bertz CT molecular complexity index is 2240. The second kappa shape index (κ2) is 11.9. The molecule has 4 aliphatic rings. The molecule has 50 heavy (non-hydrogen) atoms. The maximum absolute atomic E-state index is 13.9. The number of nitro groups is 1. The molecule has 8 rings (SSSR count). The molecule has 2 aliphatic heterocycles. The summed E-state index contributed by atoms with van der Waals surface area (Å²) >= 11 is 2.72. The number of thiazole rings is 1. The van der Waals surface area contributed by atoms with Gasteiger partial charge < -0.3 is 15.0 Å². The second-order valence-electron chi connectivity index (χ2n) is 12.7. The molecule has 1 aromatic heterocycles. The molecule has 17 heteroatoms. The first-order valence-electron chi connectivity index (χ1n) is 15.6. The molecule has 256 valence electrons. The van der Waals surface area contributed by atoms with Crippen LogP contribution in [0.3, 0.4) is 0 Å². The number of anilines is 2. The number of rotatable bonds is 8. The Morgan fingerprint density at radius 1 is 0.980 bits per heavy atom. The van der Waals surface area contributed by atoms with Crippen molar-refractivity contribution in [2.24, 2.45) is 34.7 Å². The zero-order valence-corrected chi connectivity index (χ0v) is 28.2. The van der Waals surface area contributed by atoms with E-state index in [0.29, 0.717) is 23.5 Å². The topological polar surface area (TPSA) is 212 Å². The lowest BCUT2D eigenvalue weighted by Gasteiger charge is -2.43. The summed E-state index contributed by atoms with van der Waals surface area (Å²) < 4.78 is 28.6. The minimum atomic E-state index is -3.86. The third kappa shape index (κ3) is 5.31. The molecule has 0 unspecified atom stereocenters. The summed E-state index contributed by atoms with van der Waals surface area (Å²) in [4.78, 5) is 68.3. The number of primary sulfonamides is 1. The third-order valence-electron chi connectivity index (χ3n) is 10.1. The van der Waals surface area contributed by atoms with Crippen LogP contribution >= 0.6 is 23.1 Å². The van der Waals surface area contributed by atoms with Crippen LogP contribution < -0.4 is 25.0 Å². The van der Waals surface area contributed by atoms with Crippen LogP contribution in [-0.2, 0) is 24.4 Å². The molecular weight excluding hydrogens is 707 g/mol. The van der Waals surface area contributed by atoms with E-state index in [-0.39, 0.29) is 62.8 Å². The Balaban J connectivity index is 1.01. The Morgan fingerprint density at radius 3 is 2.28 bits per heavy atom. The number of sulfonamides is 1. The number of carbonyl (C=O) groups excluding carboxylic acids is 3. The molecule has 2 bridgehead atoms. The van der Waals surface area contributed by atoms with Crippen molar-refractivity contribution in [1.82, 2.24) is 4.98 Å². The number of amides is 3. The lowest BCUT2D eigenvalue weighted by molar-refractivity contribution is -0.384. The standard InChI is InChI=1S/C33H27N5O9S3/c34-50(45,46)20-11-3-16(4-12-20)35-23(39)14-47-19-9-1-15(2-10-19)24-25-21-13-22(28(25)48-30-29(24)49-33(42)36-30)27-26(21)31(40)37(32(27)41)17-5-7-18(8-6-17)38(43)44/h1-12,21-22,24-28H,13-14H2,(H,35,39)(H,36,42)(H2,34,45,46)/t21-,22-,24+,25-,26+,27+,28-/m1/s1. The zero-order chi connectivity index (χ0) is 35.1. The first kappa shape index (κ1) is 32.4. The van der Waals surface area contributed by atoms with Gasteiger partial charge in [-0.1, -0.05) is 23.5 Å². The highest BCUT2D eigenvalue weighted by Crippen LogP contribution is 2.68. The second-order valence-corrected chi connectivity index (χ2v) is 16.5. The van der Waals surface area contributed by atoms with Crippen molar-refractivity contribution in [2.75, 3.05) is 16.8 Å². The van der Waals surface area contributed by atoms with Gasteiger partial charge >= 0.3 is 4.87 Å². The van der Waals surface area contributed by atoms with Crippen LogP contribution in [0.5, 0.6) is 5.75 Å². The summed E-state index contributed by atoms with van der Waals surface area (Å²) in [7, 11) is -3.86. The lowest BCUT2D eigenvalue weighted by atomic mass is 9.68. The number of imide groups is 1. The molecule has 3 amide bonds. The van der Waals surface area contributed by atoms with Gasteiger partial charge in [-0.05, 0) is 78.3 Å². The Kier molecular flexibility index (Phi) is 7.70. The fourth-order valence-electron chi connectivity index (χ4n) is 8.21. The normalized spacial score (nSPS) is 26.3. The van der Waals surface area contributed by atoms with E-state index in [1.807, 2.05) is 12.1 Å². The predicted molar refractivity (Wildman–Crippen MR) is 182 cm³/mol. The molecule has 0 spiro atoms. The first-order chi connectivity index (χ1) is 23.9. The first-order valence-corrected chi connectivity index (χ1v) is 18.8. The number of aromatic amines is 1. The number of hydrogen-bond acceptors (Lipinski definition) is 11. The third-order valence-corrected chi connectivity index (χ3v) is 13.6. The van der Waals surface area contributed by atoms with E-state index in [0.717, 1.165) is 26.8 Å². The number of ether oxygens (including phenoxy) is 1. The number of H-pyrrole nitrogens is 1. The van der Waals surface area contributed by atoms with Crippen LogP contribution in [0.4, 0.5) is 17.1 Å². The van der Waals surface area contributed by atoms with Gasteiger partial charge in [0.25, 0.3) is 11.6 Å². The van der Waals surface area contributed by atoms with Crippen LogP contribution in [0.2, 0.25) is 0 Å². The fraction of sp³-hybridized carbons (Fsp3) is 0.273. The van der Waals surface area contributed by atoms with Crippen molar-refractivity contribution in [2.45, 2.75) is 27.5 Å². The van der Waals surface area contributed by atoms with E-state index in [9.17, 15) is 37.7 Å². The monoisotopic (exact) mass is 733 g/mol. The molecule has 2 saturated carbocycles. The van der Waals surface area contributed by atoms with Crippen molar-refractivity contribution in [3.63, 3.8) is 0 Å². The zero-order valence-electron chi connectivity index (χ0n) is 25.8. The molecule has 3 fully saturated rings. The van der Waals surface area contributed by atoms with Crippen LogP contribution in [0, 0.1) is 39.7 Å². The number of benzene rings is 3. The van der Waals surface area contributed by atoms with E-state index >= 15 is 0 Å². The highest BCUT2D eigenvalue weighted by molar-refractivity contribution is 8.00. The van der Waals surface area contributed by atoms with E-state index < -0.39 is 32.7 Å². The van der Waals surface area contributed by atoms with Crippen molar-refractivity contribution >= 4 is 67.9 Å². The van der Waals surface area contributed by atoms with Gasteiger partial charge in [0.05, 0.1) is 32.4 Å². The Morgan fingerprint density at radius 2 is 1.64 bits per heavy atom. The van der Waals surface area contributed by atoms with Crippen molar-refractivity contribution < 1.29 is 32.5 Å². The lowest BCUT2D eigenvalue weighted by Crippen LogP contribution is -2.42. The molecule has 1 saturated heterocycles. The van der Waals surface area contributed by atoms with Crippen LogP contribution in [0.15, 0.2) is 87.5 Å². The van der Waals surface area contributed by atoms with Gasteiger partial charge in [0.1, 0.15) is 5.75 Å². The summed E-state index contributed by atoms with van der Waals surface area (Å²) in [6.07, 6.45) is 0.708. The number of aromatic nitrogens is 1. The molecule has 3 aromatic carbocycles. The summed E-state index contributed by atoms with van der Waals surface area (Å²) in [6.45, 7) is -0.307. The van der Waals surface area contributed by atoms with Gasteiger partial charge in [-0.15, -0.1) is 11.8 Å². The minimum Gasteiger partial charge on any atom is -0.484 e. The smallest absolute Gasteiger partial charge is 0.305 e. The average Bonchev–Trinajstić information content (AvgIpc) is 3.82. The van der Waals surface area contributed by atoms with E-state index in [1.54, 1.807) is 23.9 Å². The number of carbonyl (C=O) groups is 3. The highest BCUT2D eigenvalue weighted by atomic mass is 32.2. The SMILES string of the molecule is NS(=O)(=O)c1ccc(NC(=O)COc2ccc([C@@H]3c4sc(=O)[nH]c4S[C@@H]4[C@@H]5C[C@@H]([C@@H]6C(=O)N(c7ccc([N+](=O)[O-])cc7)C(=O)[C@@H]56)[C@H]34)cc2)cc1. The van der Waals surface area contributed by atoms with Crippen molar-refractivity contribution in [3.05, 3.63) is 103 Å². The van der Waals surface area contributed by atoms with Gasteiger partial charge in [-0.3, -0.25) is 34.2 Å². The maximum atomic E-state index is 13.9. The van der Waals surface area contributed by atoms with Gasteiger partial charge in [-0.2, -0.15) is 0 Å². The maximum Gasteiger partial charge on any atom is 0.305 e. The number of hydrogen-bond donors (Lipinski definition) is 3. The van der Waals surface area contributed by atoms with Crippen LogP contribution in [0.1, 0.15) is 22.8 Å². The number of nitrogens with one attached hydrogen (secondary N) is 2. The number of non-ortho nitro benzene ring substituents is 1. The molecular formula is C33H27N5O9S3. The van der Waals surface area contributed by atoms with Crippen LogP contribution in [-0.4, -0.2) is 47.9 Å². The predicted octanol–water partition coefficient (Wildman–Crippen LogP) is 3.69. The minimum absolute atomic E-state index is 0.0174. The summed E-state index contributed by atoms with van der Waals surface area (Å²) in [5.74, 6) is -2.08. The molecule has 2 aliphatic carbocycles. The number of thioether (sulfide) groups is 1. The molecule has 4 N–H and O–H groups in total. The van der Waals surface area contributed by atoms with Crippen molar-refractivity contribution in [3.8, 4) is 5.75 Å². The number of nitrogens with two attached hydrogens (primary N) is 1. The fourth-order valence-corrected chi connectivity index (χ4v) is 11.6. The van der Waals surface area contributed by atoms with E-state index in [4.69, 9.17) is 9.88 Å². The molecule has 3 heterocycles. The largest absolute Gasteiger partial charge is 0.484 e. The van der Waals surface area contributed by atoms with E-state index in [1.165, 1.54) is 53.4 Å². The van der Waals surface area contributed by atoms with Gasteiger partial charge in [0.2, 0.25) is 21.8 Å². The van der Waals surface area contributed by atoms with Gasteiger partial charge in [-0.25, -0.2) is 13.6 Å². The molecule has 14 nitrogen and oxygen atoms in total. The highest BCUT2D eigenvalue weighted by Gasteiger charge is 2.69. The summed E-state index contributed by atoms with van der Waals surface area (Å²) in [5.41, 5.74) is 1.47. The summed E-state index contributed by atoms with van der Waals surface area (Å²) in [5, 5.41) is 19.7. The Labute approximate surface area is 292 Å². The number of fused-ring (bicyclic) bond motifs is 9. The average molecular weight is 734 g/mol. The van der Waals surface area contributed by atoms with Gasteiger partial charge in [0, 0.05) is 33.9 Å². The van der Waals surface area contributed by atoms with Crippen molar-refractivity contribution in [1.29, 1.82) is 0 Å². The van der Waals surface area contributed by atoms with Gasteiger partial charge in [0.15, 0.2) is 6.61 Å². The number of nitro benzene ring substituents is 1. The quantitative estimate of drug-likeness (QED) is 0.136. The summed E-state index contributed by atoms with van der Waals surface area (Å²) in [6, 6.07) is 18.1. The Hall–Kier alpha value is -4.84. The molecule has 4 aromatic rings. The molecule has 7 atom stereocenters. The number of nitrogens with zero attached hydrogens (tertiary/aromatic N) is 2. The van der Waals surface area contributed by atoms with Crippen LogP contribution in [0.25, 0.3) is 0 Å². The van der Waals surface area contributed by atoms with E-state index in [2.05, 4.69) is 10.3 Å².